The number of rotatable bonds is 8. The van der Waals surface area contributed by atoms with Crippen LogP contribution in [-0.4, -0.2) is 31.8 Å². The Kier molecular flexibility index (Phi) is 7.49. The highest BCUT2D eigenvalue weighted by Gasteiger charge is 2.11. The van der Waals surface area contributed by atoms with E-state index < -0.39 is 0 Å². The van der Waals surface area contributed by atoms with Gasteiger partial charge in [0.05, 0.1) is 12.1 Å². The monoisotopic (exact) mass is 453 g/mol. The zero-order valence-electron chi connectivity index (χ0n) is 14.8. The van der Waals surface area contributed by atoms with Gasteiger partial charge in [-0.05, 0) is 23.4 Å². The quantitative estimate of drug-likeness (QED) is 0.303. The molecule has 0 aliphatic rings. The molecule has 0 atom stereocenters. The van der Waals surface area contributed by atoms with Gasteiger partial charge >= 0.3 is 0 Å². The SMILES string of the molecule is CCSc1nnc(NC(=O)Cc2cc(=O)[nH]c(SCc3cccc(Cl)c3)n2)s1. The molecular weight excluding hydrogens is 438 g/mol. The highest BCUT2D eigenvalue weighted by molar-refractivity contribution is 8.01. The lowest BCUT2D eigenvalue weighted by Crippen LogP contribution is -2.18. The molecule has 3 rings (SSSR count). The van der Waals surface area contributed by atoms with Gasteiger partial charge in [-0.3, -0.25) is 9.59 Å². The van der Waals surface area contributed by atoms with Crippen molar-refractivity contribution in [1.29, 1.82) is 0 Å². The maximum Gasteiger partial charge on any atom is 0.251 e. The Hall–Kier alpha value is -1.88. The van der Waals surface area contributed by atoms with E-state index in [4.69, 9.17) is 11.6 Å². The van der Waals surface area contributed by atoms with E-state index in [1.54, 1.807) is 17.8 Å². The number of nitrogens with one attached hydrogen (secondary N) is 2. The van der Waals surface area contributed by atoms with Crippen molar-refractivity contribution in [2.75, 3.05) is 11.1 Å². The Bertz CT molecular complexity index is 1020. The summed E-state index contributed by atoms with van der Waals surface area (Å²) in [5.74, 6) is 1.18. The fourth-order valence-corrected chi connectivity index (χ4v) is 4.91. The van der Waals surface area contributed by atoms with Crippen LogP contribution < -0.4 is 10.9 Å². The van der Waals surface area contributed by atoms with Crippen LogP contribution in [0.3, 0.4) is 0 Å². The minimum absolute atomic E-state index is 0.0233. The van der Waals surface area contributed by atoms with Gasteiger partial charge in [0.2, 0.25) is 11.0 Å². The van der Waals surface area contributed by atoms with Crippen LogP contribution in [0, 0.1) is 0 Å². The summed E-state index contributed by atoms with van der Waals surface area (Å²) >= 11 is 10.2. The van der Waals surface area contributed by atoms with Crippen molar-refractivity contribution in [2.24, 2.45) is 0 Å². The van der Waals surface area contributed by atoms with Crippen molar-refractivity contribution in [1.82, 2.24) is 20.2 Å². The van der Waals surface area contributed by atoms with E-state index in [1.165, 1.54) is 29.2 Å². The van der Waals surface area contributed by atoms with E-state index in [0.29, 0.717) is 26.8 Å². The molecule has 0 unspecified atom stereocenters. The summed E-state index contributed by atoms with van der Waals surface area (Å²) in [6, 6.07) is 8.80. The fourth-order valence-electron chi connectivity index (χ4n) is 2.19. The topological polar surface area (TPSA) is 101 Å². The van der Waals surface area contributed by atoms with Gasteiger partial charge < -0.3 is 10.3 Å². The molecular formula is C17H16ClN5O2S3. The number of aromatic nitrogens is 4. The first-order valence-corrected chi connectivity index (χ1v) is 11.4. The van der Waals surface area contributed by atoms with Crippen molar-refractivity contribution in [3.63, 3.8) is 0 Å². The van der Waals surface area contributed by atoms with Crippen molar-refractivity contribution >= 4 is 57.5 Å². The largest absolute Gasteiger partial charge is 0.301 e. The van der Waals surface area contributed by atoms with E-state index in [9.17, 15) is 9.59 Å². The van der Waals surface area contributed by atoms with Crippen molar-refractivity contribution in [3.05, 3.63) is 57.0 Å². The third-order valence-electron chi connectivity index (χ3n) is 3.30. The van der Waals surface area contributed by atoms with Gasteiger partial charge in [-0.2, -0.15) is 0 Å². The van der Waals surface area contributed by atoms with Crippen LogP contribution in [0.25, 0.3) is 0 Å². The number of thioether (sulfide) groups is 2. The van der Waals surface area contributed by atoms with Crippen molar-refractivity contribution in [2.45, 2.75) is 28.6 Å². The molecule has 11 heteroatoms. The predicted octanol–water partition coefficient (Wildman–Crippen LogP) is 3.86. The minimum atomic E-state index is -0.302. The number of H-pyrrole nitrogens is 1. The molecule has 28 heavy (non-hydrogen) atoms. The molecule has 0 saturated heterocycles. The van der Waals surface area contributed by atoms with Crippen molar-refractivity contribution < 1.29 is 4.79 Å². The summed E-state index contributed by atoms with van der Waals surface area (Å²) in [5.41, 5.74) is 1.10. The lowest BCUT2D eigenvalue weighted by Gasteiger charge is -2.05. The lowest BCUT2D eigenvalue weighted by molar-refractivity contribution is -0.115. The number of nitrogens with zero attached hydrogens (tertiary/aromatic N) is 3. The van der Waals surface area contributed by atoms with E-state index in [-0.39, 0.29) is 17.9 Å². The smallest absolute Gasteiger partial charge is 0.251 e. The normalized spacial score (nSPS) is 10.8. The van der Waals surface area contributed by atoms with Gasteiger partial charge in [0.15, 0.2) is 9.50 Å². The Morgan fingerprint density at radius 3 is 2.93 bits per heavy atom. The number of halogens is 1. The molecule has 0 radical (unpaired) electrons. The van der Waals surface area contributed by atoms with E-state index in [2.05, 4.69) is 25.5 Å². The van der Waals surface area contributed by atoms with Gasteiger partial charge in [-0.15, -0.1) is 10.2 Å². The number of benzene rings is 1. The standard InChI is InChI=1S/C17H16ClN5O2S3/c1-2-26-17-23-22-16(28-17)21-14(25)8-12-7-13(24)20-15(19-12)27-9-10-4-3-5-11(18)6-10/h3-7H,2,8-9H2,1H3,(H,19,20,24)(H,21,22,25). The number of amides is 1. The Morgan fingerprint density at radius 2 is 2.14 bits per heavy atom. The van der Waals surface area contributed by atoms with Gasteiger partial charge in [0.1, 0.15) is 0 Å². The molecule has 0 spiro atoms. The molecule has 146 valence electrons. The highest BCUT2D eigenvalue weighted by Crippen LogP contribution is 2.25. The number of aromatic amines is 1. The van der Waals surface area contributed by atoms with Crippen LogP contribution in [0.15, 0.2) is 44.6 Å². The van der Waals surface area contributed by atoms with Crippen LogP contribution in [0.4, 0.5) is 5.13 Å². The van der Waals surface area contributed by atoms with Crippen LogP contribution in [-0.2, 0) is 17.0 Å². The molecule has 0 bridgehead atoms. The van der Waals surface area contributed by atoms with Gasteiger partial charge in [-0.25, -0.2) is 4.98 Å². The fraction of sp³-hybridized carbons (Fsp3) is 0.235. The van der Waals surface area contributed by atoms with Crippen LogP contribution in [0.2, 0.25) is 5.02 Å². The van der Waals surface area contributed by atoms with E-state index in [0.717, 1.165) is 15.7 Å². The highest BCUT2D eigenvalue weighted by atomic mass is 35.5. The molecule has 2 N–H and O–H groups in total. The zero-order chi connectivity index (χ0) is 19.9. The second-order valence-electron chi connectivity index (χ2n) is 5.49. The molecule has 1 aromatic carbocycles. The van der Waals surface area contributed by atoms with Gasteiger partial charge in [0, 0.05) is 16.8 Å². The van der Waals surface area contributed by atoms with Crippen LogP contribution in [0.1, 0.15) is 18.2 Å². The summed E-state index contributed by atoms with van der Waals surface area (Å²) in [4.78, 5) is 31.2. The number of hydrogen-bond donors (Lipinski definition) is 2. The Labute approximate surface area is 178 Å². The Morgan fingerprint density at radius 1 is 1.29 bits per heavy atom. The lowest BCUT2D eigenvalue weighted by atomic mass is 10.2. The first-order valence-electron chi connectivity index (χ1n) is 8.25. The molecule has 0 aliphatic heterocycles. The summed E-state index contributed by atoms with van der Waals surface area (Å²) in [6.07, 6.45) is -0.0233. The van der Waals surface area contributed by atoms with Gasteiger partial charge in [-0.1, -0.05) is 65.5 Å². The third kappa shape index (κ3) is 6.33. The average molecular weight is 454 g/mol. The van der Waals surface area contributed by atoms with Gasteiger partial charge in [0.25, 0.3) is 5.56 Å². The zero-order valence-corrected chi connectivity index (χ0v) is 18.0. The summed E-state index contributed by atoms with van der Waals surface area (Å²) in [7, 11) is 0. The van der Waals surface area contributed by atoms with E-state index >= 15 is 0 Å². The molecule has 0 fully saturated rings. The number of anilines is 1. The summed E-state index contributed by atoms with van der Waals surface area (Å²) in [5, 5.41) is 12.2. The summed E-state index contributed by atoms with van der Waals surface area (Å²) < 4.78 is 0.798. The van der Waals surface area contributed by atoms with Crippen LogP contribution >= 0.6 is 46.5 Å². The first-order chi connectivity index (χ1) is 13.5. The summed E-state index contributed by atoms with van der Waals surface area (Å²) in [6.45, 7) is 2.02. The molecule has 0 saturated carbocycles. The molecule has 2 heterocycles. The minimum Gasteiger partial charge on any atom is -0.301 e. The molecule has 3 aromatic rings. The Balaban J connectivity index is 1.61. The average Bonchev–Trinajstić information content (AvgIpc) is 3.07. The number of carbonyl (C=O) groups excluding carboxylic acids is 1. The third-order valence-corrected chi connectivity index (χ3v) is 6.33. The van der Waals surface area contributed by atoms with Crippen molar-refractivity contribution in [3.8, 4) is 0 Å². The predicted molar refractivity (Wildman–Crippen MR) is 115 cm³/mol. The molecule has 0 aliphatic carbocycles. The number of hydrogen-bond acceptors (Lipinski definition) is 8. The second-order valence-corrected chi connectivity index (χ2v) is 9.38. The van der Waals surface area contributed by atoms with E-state index in [1.807, 2.05) is 25.1 Å². The first kappa shape index (κ1) is 20.8. The molecule has 2 aromatic heterocycles. The van der Waals surface area contributed by atoms with Crippen LogP contribution in [0.5, 0.6) is 0 Å². The maximum atomic E-state index is 12.2. The molecule has 7 nitrogen and oxygen atoms in total. The molecule has 1 amide bonds. The second kappa shape index (κ2) is 10.1. The number of carbonyl (C=O) groups is 1. The maximum absolute atomic E-state index is 12.2.